The van der Waals surface area contributed by atoms with Gasteiger partial charge in [-0.3, -0.25) is 4.79 Å². The molecule has 0 bridgehead atoms. The van der Waals surface area contributed by atoms with Gasteiger partial charge in [-0.2, -0.15) is 0 Å². The van der Waals surface area contributed by atoms with Crippen molar-refractivity contribution >= 4 is 5.97 Å². The molecule has 0 aliphatic rings. The minimum atomic E-state index is -0.721. The van der Waals surface area contributed by atoms with Gasteiger partial charge in [0.2, 0.25) is 0 Å². The average molecular weight is 230 g/mol. The highest BCUT2D eigenvalue weighted by Gasteiger charge is 2.14. The number of hydrogen-bond donors (Lipinski definition) is 2. The monoisotopic (exact) mass is 230 g/mol. The van der Waals surface area contributed by atoms with Gasteiger partial charge in [0.25, 0.3) is 0 Å². The number of nitrogens with zero attached hydrogens (tertiary/aromatic N) is 1. The number of carboxylic acids is 1. The Morgan fingerprint density at radius 2 is 2.00 bits per heavy atom. The molecule has 0 spiro atoms. The van der Waals surface area contributed by atoms with Crippen LogP contribution in [0.15, 0.2) is 0 Å². The number of rotatable bonds is 10. The first-order valence-corrected chi connectivity index (χ1v) is 6.18. The van der Waals surface area contributed by atoms with Crippen LogP contribution < -0.4 is 5.32 Å². The highest BCUT2D eigenvalue weighted by Crippen LogP contribution is 2.01. The predicted molar refractivity (Wildman–Crippen MR) is 66.7 cm³/mol. The minimum absolute atomic E-state index is 0.362. The van der Waals surface area contributed by atoms with Crippen LogP contribution in [0.1, 0.15) is 39.0 Å². The third kappa shape index (κ3) is 8.68. The standard InChI is InChI=1S/C12H26N2O2/c1-4-5-8-11(12(15)16)13-9-6-7-10-14(2)3/h11,13H,4-10H2,1-3H3,(H,15,16). The molecule has 96 valence electrons. The second kappa shape index (κ2) is 9.60. The van der Waals surface area contributed by atoms with Crippen molar-refractivity contribution in [3.05, 3.63) is 0 Å². The summed E-state index contributed by atoms with van der Waals surface area (Å²) in [6.07, 6.45) is 4.90. The van der Waals surface area contributed by atoms with E-state index >= 15 is 0 Å². The molecule has 0 heterocycles. The molecular formula is C12H26N2O2. The van der Waals surface area contributed by atoms with Crippen LogP contribution in [-0.4, -0.2) is 49.2 Å². The molecule has 0 amide bonds. The van der Waals surface area contributed by atoms with Gasteiger partial charge in [0.05, 0.1) is 0 Å². The van der Waals surface area contributed by atoms with Crippen molar-refractivity contribution in [2.24, 2.45) is 0 Å². The zero-order chi connectivity index (χ0) is 12.4. The maximum Gasteiger partial charge on any atom is 0.320 e. The number of carboxylic acid groups (broad SMARTS) is 1. The SMILES string of the molecule is CCCCC(NCCCCN(C)C)C(=O)O. The summed E-state index contributed by atoms with van der Waals surface area (Å²) in [5, 5.41) is 12.1. The van der Waals surface area contributed by atoms with E-state index in [0.717, 1.165) is 45.2 Å². The summed E-state index contributed by atoms with van der Waals surface area (Å²) < 4.78 is 0. The van der Waals surface area contributed by atoms with Crippen LogP contribution in [0.2, 0.25) is 0 Å². The predicted octanol–water partition coefficient (Wildman–Crippen LogP) is 1.56. The molecule has 0 aliphatic heterocycles. The van der Waals surface area contributed by atoms with Gasteiger partial charge in [-0.1, -0.05) is 19.8 Å². The fraction of sp³-hybridized carbons (Fsp3) is 0.917. The fourth-order valence-corrected chi connectivity index (χ4v) is 1.55. The lowest BCUT2D eigenvalue weighted by atomic mass is 10.1. The molecule has 0 rings (SSSR count). The van der Waals surface area contributed by atoms with E-state index in [1.807, 2.05) is 0 Å². The zero-order valence-corrected chi connectivity index (χ0v) is 10.8. The van der Waals surface area contributed by atoms with E-state index < -0.39 is 5.97 Å². The largest absolute Gasteiger partial charge is 0.480 e. The summed E-state index contributed by atoms with van der Waals surface area (Å²) in [6, 6.07) is -0.362. The molecule has 0 aromatic carbocycles. The molecule has 1 unspecified atom stereocenters. The normalized spacial score (nSPS) is 13.0. The van der Waals surface area contributed by atoms with Gasteiger partial charge < -0.3 is 15.3 Å². The first-order chi connectivity index (χ1) is 7.57. The molecular weight excluding hydrogens is 204 g/mol. The van der Waals surface area contributed by atoms with Gasteiger partial charge in [-0.25, -0.2) is 0 Å². The summed E-state index contributed by atoms with van der Waals surface area (Å²) in [5.74, 6) is -0.721. The molecule has 0 fully saturated rings. The van der Waals surface area contributed by atoms with Crippen molar-refractivity contribution in [1.29, 1.82) is 0 Å². The third-order valence-corrected chi connectivity index (χ3v) is 2.57. The van der Waals surface area contributed by atoms with Crippen molar-refractivity contribution in [2.45, 2.75) is 45.1 Å². The van der Waals surface area contributed by atoms with Crippen molar-refractivity contribution in [3.8, 4) is 0 Å². The van der Waals surface area contributed by atoms with Gasteiger partial charge in [-0.15, -0.1) is 0 Å². The summed E-state index contributed by atoms with van der Waals surface area (Å²) in [6.45, 7) is 3.94. The fourth-order valence-electron chi connectivity index (χ4n) is 1.55. The summed E-state index contributed by atoms with van der Waals surface area (Å²) in [5.41, 5.74) is 0. The average Bonchev–Trinajstić information content (AvgIpc) is 2.21. The lowest BCUT2D eigenvalue weighted by Gasteiger charge is -2.14. The summed E-state index contributed by atoms with van der Waals surface area (Å²) in [4.78, 5) is 13.1. The smallest absolute Gasteiger partial charge is 0.320 e. The number of carbonyl (C=O) groups is 1. The zero-order valence-electron chi connectivity index (χ0n) is 10.8. The molecule has 1 atom stereocenters. The van der Waals surface area contributed by atoms with Crippen LogP contribution in [0.25, 0.3) is 0 Å². The Labute approximate surface area is 99.0 Å². The van der Waals surface area contributed by atoms with Gasteiger partial charge in [0.1, 0.15) is 6.04 Å². The molecule has 0 radical (unpaired) electrons. The number of nitrogens with one attached hydrogen (secondary N) is 1. The second-order valence-electron chi connectivity index (χ2n) is 4.50. The Balaban J connectivity index is 3.56. The van der Waals surface area contributed by atoms with E-state index in [1.165, 1.54) is 0 Å². The molecule has 0 aromatic rings. The lowest BCUT2D eigenvalue weighted by molar-refractivity contribution is -0.139. The molecule has 16 heavy (non-hydrogen) atoms. The Bertz CT molecular complexity index is 184. The maximum absolute atomic E-state index is 10.9. The number of hydrogen-bond acceptors (Lipinski definition) is 3. The van der Waals surface area contributed by atoms with Crippen molar-refractivity contribution in [3.63, 3.8) is 0 Å². The topological polar surface area (TPSA) is 52.6 Å². The lowest BCUT2D eigenvalue weighted by Crippen LogP contribution is -2.37. The van der Waals surface area contributed by atoms with Crippen LogP contribution in [0.4, 0.5) is 0 Å². The minimum Gasteiger partial charge on any atom is -0.480 e. The van der Waals surface area contributed by atoms with Crippen LogP contribution in [0.3, 0.4) is 0 Å². The Morgan fingerprint density at radius 3 is 2.50 bits per heavy atom. The van der Waals surface area contributed by atoms with Crippen molar-refractivity contribution in [1.82, 2.24) is 10.2 Å². The quantitative estimate of drug-likeness (QED) is 0.559. The van der Waals surface area contributed by atoms with E-state index in [4.69, 9.17) is 5.11 Å². The number of unbranched alkanes of at least 4 members (excludes halogenated alkanes) is 2. The van der Waals surface area contributed by atoms with E-state index in [-0.39, 0.29) is 6.04 Å². The number of aliphatic carboxylic acids is 1. The molecule has 0 aromatic heterocycles. The maximum atomic E-state index is 10.9. The highest BCUT2D eigenvalue weighted by molar-refractivity contribution is 5.73. The van der Waals surface area contributed by atoms with Gasteiger partial charge in [-0.05, 0) is 46.4 Å². The van der Waals surface area contributed by atoms with Crippen molar-refractivity contribution in [2.75, 3.05) is 27.2 Å². The molecule has 4 heteroatoms. The first-order valence-electron chi connectivity index (χ1n) is 6.18. The Morgan fingerprint density at radius 1 is 1.31 bits per heavy atom. The first kappa shape index (κ1) is 15.4. The van der Waals surface area contributed by atoms with E-state index in [9.17, 15) is 4.79 Å². The van der Waals surface area contributed by atoms with Gasteiger partial charge >= 0.3 is 5.97 Å². The molecule has 4 nitrogen and oxygen atoms in total. The van der Waals surface area contributed by atoms with Crippen LogP contribution in [0, 0.1) is 0 Å². The van der Waals surface area contributed by atoms with E-state index in [2.05, 4.69) is 31.2 Å². The molecule has 2 N–H and O–H groups in total. The van der Waals surface area contributed by atoms with Gasteiger partial charge in [0.15, 0.2) is 0 Å². The Kier molecular flexibility index (Phi) is 9.24. The highest BCUT2D eigenvalue weighted by atomic mass is 16.4. The van der Waals surface area contributed by atoms with Crippen LogP contribution in [0.5, 0.6) is 0 Å². The van der Waals surface area contributed by atoms with Crippen LogP contribution in [-0.2, 0) is 4.79 Å². The van der Waals surface area contributed by atoms with E-state index in [0.29, 0.717) is 0 Å². The second-order valence-corrected chi connectivity index (χ2v) is 4.50. The molecule has 0 saturated heterocycles. The van der Waals surface area contributed by atoms with Gasteiger partial charge in [0, 0.05) is 0 Å². The molecule has 0 saturated carbocycles. The summed E-state index contributed by atoms with van der Waals surface area (Å²) in [7, 11) is 4.10. The summed E-state index contributed by atoms with van der Waals surface area (Å²) >= 11 is 0. The van der Waals surface area contributed by atoms with E-state index in [1.54, 1.807) is 0 Å². The van der Waals surface area contributed by atoms with Crippen molar-refractivity contribution < 1.29 is 9.90 Å². The molecule has 0 aliphatic carbocycles. The Hall–Kier alpha value is -0.610. The third-order valence-electron chi connectivity index (χ3n) is 2.57. The van der Waals surface area contributed by atoms with Crippen LogP contribution >= 0.6 is 0 Å².